The fourth-order valence-corrected chi connectivity index (χ4v) is 4.80. The minimum absolute atomic E-state index is 0.309. The summed E-state index contributed by atoms with van der Waals surface area (Å²) in [4.78, 5) is 0. The number of thiophene rings is 1. The second-order valence-corrected chi connectivity index (χ2v) is 8.54. The fourth-order valence-electron chi connectivity index (χ4n) is 2.75. The fraction of sp³-hybridized carbons (Fsp3) is 0. The van der Waals surface area contributed by atoms with Gasteiger partial charge in [-0.3, -0.25) is 4.72 Å². The van der Waals surface area contributed by atoms with Crippen molar-refractivity contribution in [2.24, 2.45) is 0 Å². The highest BCUT2D eigenvalue weighted by molar-refractivity contribution is 7.94. The molecule has 0 spiro atoms. The Bertz CT molecular complexity index is 1130. The first-order chi connectivity index (χ1) is 12.1. The third-order valence-corrected chi connectivity index (χ3v) is 6.74. The third-order valence-electron chi connectivity index (χ3n) is 3.96. The van der Waals surface area contributed by atoms with Gasteiger partial charge in [0.25, 0.3) is 10.0 Å². The van der Waals surface area contributed by atoms with Gasteiger partial charge in [-0.25, -0.2) is 8.42 Å². The third kappa shape index (κ3) is 3.29. The quantitative estimate of drug-likeness (QED) is 0.528. The minimum atomic E-state index is -3.54. The van der Waals surface area contributed by atoms with Gasteiger partial charge in [0, 0.05) is 5.69 Å². The Hall–Kier alpha value is -2.63. The van der Waals surface area contributed by atoms with E-state index in [4.69, 9.17) is 0 Å². The Kier molecular flexibility index (Phi) is 4.03. The normalized spacial score (nSPS) is 11.5. The molecule has 5 heteroatoms. The predicted molar refractivity (Wildman–Crippen MR) is 105 cm³/mol. The Morgan fingerprint density at radius 1 is 0.720 bits per heavy atom. The number of benzene rings is 3. The van der Waals surface area contributed by atoms with Gasteiger partial charge in [-0.2, -0.15) is 0 Å². The molecule has 0 radical (unpaired) electrons. The highest BCUT2D eigenvalue weighted by Gasteiger charge is 2.15. The van der Waals surface area contributed by atoms with Crippen LogP contribution in [0.1, 0.15) is 0 Å². The van der Waals surface area contributed by atoms with Crippen LogP contribution < -0.4 is 4.72 Å². The molecule has 3 aromatic carbocycles. The van der Waals surface area contributed by atoms with E-state index in [2.05, 4.69) is 35.1 Å². The second-order valence-electron chi connectivity index (χ2n) is 5.68. The molecule has 0 bridgehead atoms. The van der Waals surface area contributed by atoms with Gasteiger partial charge in [0.05, 0.1) is 0 Å². The highest BCUT2D eigenvalue weighted by Crippen LogP contribution is 2.28. The van der Waals surface area contributed by atoms with Crippen molar-refractivity contribution in [1.82, 2.24) is 0 Å². The molecule has 25 heavy (non-hydrogen) atoms. The van der Waals surface area contributed by atoms with Gasteiger partial charge in [-0.15, -0.1) is 11.3 Å². The van der Waals surface area contributed by atoms with Crippen molar-refractivity contribution in [3.8, 4) is 11.1 Å². The maximum Gasteiger partial charge on any atom is 0.271 e. The lowest BCUT2D eigenvalue weighted by molar-refractivity contribution is 0.603. The van der Waals surface area contributed by atoms with Gasteiger partial charge in [0.1, 0.15) is 4.21 Å². The molecule has 1 aromatic heterocycles. The lowest BCUT2D eigenvalue weighted by Gasteiger charge is -2.09. The average Bonchev–Trinajstić information content (AvgIpc) is 3.17. The zero-order chi connectivity index (χ0) is 17.3. The van der Waals surface area contributed by atoms with Crippen LogP contribution in [0.3, 0.4) is 0 Å². The number of hydrogen-bond donors (Lipinski definition) is 1. The number of anilines is 1. The number of sulfonamides is 1. The van der Waals surface area contributed by atoms with Gasteiger partial charge < -0.3 is 0 Å². The molecular formula is C20H15NO2S2. The summed E-state index contributed by atoms with van der Waals surface area (Å²) in [5, 5.41) is 4.09. The van der Waals surface area contributed by atoms with Crippen molar-refractivity contribution in [3.05, 3.63) is 84.2 Å². The number of hydrogen-bond acceptors (Lipinski definition) is 3. The topological polar surface area (TPSA) is 46.2 Å². The molecule has 0 unspecified atom stereocenters. The smallest absolute Gasteiger partial charge is 0.271 e. The predicted octanol–water partition coefficient (Wildman–Crippen LogP) is 5.37. The van der Waals surface area contributed by atoms with Crippen molar-refractivity contribution in [1.29, 1.82) is 0 Å². The first kappa shape index (κ1) is 15.9. The van der Waals surface area contributed by atoms with E-state index < -0.39 is 10.0 Å². The van der Waals surface area contributed by atoms with Crippen LogP contribution in [0.5, 0.6) is 0 Å². The largest absolute Gasteiger partial charge is 0.279 e. The van der Waals surface area contributed by atoms with E-state index in [1.54, 1.807) is 23.6 Å². The van der Waals surface area contributed by atoms with Crippen LogP contribution in [0.15, 0.2) is 88.5 Å². The molecule has 0 atom stereocenters. The van der Waals surface area contributed by atoms with E-state index >= 15 is 0 Å². The number of fused-ring (bicyclic) bond motifs is 1. The Labute approximate surface area is 150 Å². The van der Waals surface area contributed by atoms with Gasteiger partial charge in [-0.05, 0) is 51.5 Å². The number of nitrogens with one attached hydrogen (secondary N) is 1. The van der Waals surface area contributed by atoms with Gasteiger partial charge in [0.15, 0.2) is 0 Å². The maximum absolute atomic E-state index is 12.4. The molecule has 0 aliphatic rings. The first-order valence-corrected chi connectivity index (χ1v) is 10.1. The van der Waals surface area contributed by atoms with Crippen molar-refractivity contribution >= 4 is 37.8 Å². The van der Waals surface area contributed by atoms with Gasteiger partial charge >= 0.3 is 0 Å². The molecule has 1 N–H and O–H groups in total. The van der Waals surface area contributed by atoms with Crippen molar-refractivity contribution in [2.45, 2.75) is 4.21 Å². The van der Waals surface area contributed by atoms with Crippen molar-refractivity contribution in [3.63, 3.8) is 0 Å². The summed E-state index contributed by atoms with van der Waals surface area (Å²) in [6.45, 7) is 0. The maximum atomic E-state index is 12.4. The van der Waals surface area contributed by atoms with Crippen LogP contribution in [0, 0.1) is 0 Å². The Morgan fingerprint density at radius 2 is 1.52 bits per heavy atom. The lowest BCUT2D eigenvalue weighted by Crippen LogP contribution is -2.11. The first-order valence-electron chi connectivity index (χ1n) is 7.77. The lowest BCUT2D eigenvalue weighted by atomic mass is 10.0. The highest BCUT2D eigenvalue weighted by atomic mass is 32.2. The summed E-state index contributed by atoms with van der Waals surface area (Å²) < 4.78 is 27.7. The monoisotopic (exact) mass is 365 g/mol. The molecular weight excluding hydrogens is 350 g/mol. The van der Waals surface area contributed by atoms with E-state index in [0.717, 1.165) is 16.5 Å². The molecule has 3 nitrogen and oxygen atoms in total. The van der Waals surface area contributed by atoms with Crippen LogP contribution in [-0.2, 0) is 10.0 Å². The van der Waals surface area contributed by atoms with Crippen LogP contribution in [-0.4, -0.2) is 8.42 Å². The van der Waals surface area contributed by atoms with Gasteiger partial charge in [0.2, 0.25) is 0 Å². The van der Waals surface area contributed by atoms with E-state index in [0.29, 0.717) is 9.90 Å². The number of rotatable bonds is 4. The zero-order valence-corrected chi connectivity index (χ0v) is 14.8. The van der Waals surface area contributed by atoms with E-state index in [1.807, 2.05) is 30.3 Å². The Morgan fingerprint density at radius 3 is 2.32 bits per heavy atom. The van der Waals surface area contributed by atoms with Gasteiger partial charge in [-0.1, -0.05) is 54.6 Å². The standard InChI is InChI=1S/C20H15NO2S2/c22-25(23,20-9-4-12-24-20)21-19-8-3-7-17(14-19)18-11-10-15-5-1-2-6-16(15)13-18/h1-14,21H. The minimum Gasteiger partial charge on any atom is -0.279 e. The molecule has 124 valence electrons. The molecule has 1 heterocycles. The van der Waals surface area contributed by atoms with Crippen molar-refractivity contribution in [2.75, 3.05) is 4.72 Å². The second kappa shape index (κ2) is 6.35. The molecule has 0 saturated heterocycles. The average molecular weight is 365 g/mol. The Balaban J connectivity index is 1.69. The molecule has 0 amide bonds. The van der Waals surface area contributed by atoms with E-state index in [-0.39, 0.29) is 0 Å². The van der Waals surface area contributed by atoms with Crippen LogP contribution >= 0.6 is 11.3 Å². The van der Waals surface area contributed by atoms with Crippen LogP contribution in [0.25, 0.3) is 21.9 Å². The summed E-state index contributed by atoms with van der Waals surface area (Å²) in [6.07, 6.45) is 0. The summed E-state index contributed by atoms with van der Waals surface area (Å²) in [5.41, 5.74) is 2.58. The van der Waals surface area contributed by atoms with E-state index in [9.17, 15) is 8.42 Å². The molecule has 0 fully saturated rings. The molecule has 4 rings (SSSR count). The van der Waals surface area contributed by atoms with Crippen LogP contribution in [0.2, 0.25) is 0 Å². The summed E-state index contributed by atoms with van der Waals surface area (Å²) >= 11 is 1.20. The molecule has 0 aliphatic heterocycles. The van der Waals surface area contributed by atoms with Crippen LogP contribution in [0.4, 0.5) is 5.69 Å². The summed E-state index contributed by atoms with van der Waals surface area (Å²) in [5.74, 6) is 0. The molecule has 0 saturated carbocycles. The SMILES string of the molecule is O=S(=O)(Nc1cccc(-c2ccc3ccccc3c2)c1)c1cccs1. The van der Waals surface area contributed by atoms with E-state index in [1.165, 1.54) is 16.7 Å². The molecule has 4 aromatic rings. The van der Waals surface area contributed by atoms with Crippen molar-refractivity contribution < 1.29 is 8.42 Å². The summed E-state index contributed by atoms with van der Waals surface area (Å²) in [6, 6.07) is 25.2. The zero-order valence-electron chi connectivity index (χ0n) is 13.2. The summed E-state index contributed by atoms with van der Waals surface area (Å²) in [7, 11) is -3.54. The molecule has 0 aliphatic carbocycles.